The molecule has 1 rings (SSSR count). The number of likely N-dealkylation sites (N-methyl/N-ethyl adjacent to an activating group) is 1. The maximum absolute atomic E-state index is 8.82. The molecular weight excluding hydrogens is 176 g/mol. The Morgan fingerprint density at radius 3 is 2.79 bits per heavy atom. The van der Waals surface area contributed by atoms with Gasteiger partial charge in [-0.2, -0.15) is 0 Å². The Hall–Kier alpha value is -0.380. The van der Waals surface area contributed by atoms with Gasteiger partial charge in [-0.3, -0.25) is 4.90 Å². The summed E-state index contributed by atoms with van der Waals surface area (Å²) in [5.41, 5.74) is 1.22. The van der Waals surface area contributed by atoms with Crippen LogP contribution in [0, 0.1) is 0 Å². The summed E-state index contributed by atoms with van der Waals surface area (Å²) in [6.07, 6.45) is 2.64. The molecule has 3 nitrogen and oxygen atoms in total. The Morgan fingerprint density at radius 1 is 1.57 bits per heavy atom. The van der Waals surface area contributed by atoms with E-state index in [1.165, 1.54) is 18.4 Å². The van der Waals surface area contributed by atoms with Gasteiger partial charge in [0.2, 0.25) is 0 Å². The average molecular weight is 198 g/mol. The number of hydrogen-bond donors (Lipinski definition) is 2. The molecule has 82 valence electrons. The molecular formula is C11H22N2O. The molecule has 0 aliphatic heterocycles. The molecule has 0 aromatic heterocycles. The minimum Gasteiger partial charge on any atom is -0.395 e. The first kappa shape index (κ1) is 11.7. The van der Waals surface area contributed by atoms with Gasteiger partial charge in [0, 0.05) is 25.7 Å². The van der Waals surface area contributed by atoms with E-state index < -0.39 is 0 Å². The first-order chi connectivity index (χ1) is 6.76. The fourth-order valence-electron chi connectivity index (χ4n) is 1.44. The van der Waals surface area contributed by atoms with Crippen LogP contribution in [0.3, 0.4) is 0 Å². The molecule has 1 saturated carbocycles. The zero-order valence-electron chi connectivity index (χ0n) is 9.13. The van der Waals surface area contributed by atoms with E-state index in [1.54, 1.807) is 0 Å². The third-order valence-electron chi connectivity index (χ3n) is 2.53. The Morgan fingerprint density at radius 2 is 2.29 bits per heavy atom. The molecule has 1 aliphatic carbocycles. The highest BCUT2D eigenvalue weighted by atomic mass is 16.3. The first-order valence-electron chi connectivity index (χ1n) is 5.49. The fraction of sp³-hybridized carbons (Fsp3) is 0.818. The Kier molecular flexibility index (Phi) is 5.15. The molecule has 1 aliphatic rings. The molecule has 0 bridgehead atoms. The first-order valence-corrected chi connectivity index (χ1v) is 5.49. The van der Waals surface area contributed by atoms with Crippen LogP contribution in [-0.4, -0.2) is 48.8 Å². The number of aliphatic hydroxyl groups is 1. The van der Waals surface area contributed by atoms with E-state index in [-0.39, 0.29) is 6.61 Å². The third kappa shape index (κ3) is 4.74. The molecule has 0 atom stereocenters. The summed E-state index contributed by atoms with van der Waals surface area (Å²) >= 11 is 0. The second-order valence-electron chi connectivity index (χ2n) is 4.00. The highest BCUT2D eigenvalue weighted by Gasteiger charge is 2.20. The highest BCUT2D eigenvalue weighted by Crippen LogP contribution is 2.18. The monoisotopic (exact) mass is 198 g/mol. The lowest BCUT2D eigenvalue weighted by Gasteiger charge is -2.20. The van der Waals surface area contributed by atoms with E-state index in [0.29, 0.717) is 0 Å². The smallest absolute Gasteiger partial charge is 0.0558 e. The van der Waals surface area contributed by atoms with Crippen molar-refractivity contribution < 1.29 is 5.11 Å². The van der Waals surface area contributed by atoms with Gasteiger partial charge in [0.15, 0.2) is 0 Å². The predicted octanol–water partition coefficient (Wildman–Crippen LogP) is 0.609. The van der Waals surface area contributed by atoms with E-state index in [1.807, 2.05) is 0 Å². The van der Waals surface area contributed by atoms with Crippen LogP contribution >= 0.6 is 0 Å². The summed E-state index contributed by atoms with van der Waals surface area (Å²) in [5.74, 6) is 0. The summed E-state index contributed by atoms with van der Waals surface area (Å²) < 4.78 is 0. The zero-order valence-corrected chi connectivity index (χ0v) is 9.13. The van der Waals surface area contributed by atoms with Gasteiger partial charge >= 0.3 is 0 Å². The van der Waals surface area contributed by atoms with Crippen LogP contribution in [0.25, 0.3) is 0 Å². The van der Waals surface area contributed by atoms with Gasteiger partial charge in [-0.05, 0) is 25.0 Å². The summed E-state index contributed by atoms with van der Waals surface area (Å²) in [6, 6.07) is 0.750. The van der Waals surface area contributed by atoms with E-state index in [4.69, 9.17) is 5.11 Å². The lowest BCUT2D eigenvalue weighted by molar-refractivity contribution is 0.211. The van der Waals surface area contributed by atoms with Crippen LogP contribution in [0.5, 0.6) is 0 Å². The Labute approximate surface area is 86.8 Å². The molecule has 1 fully saturated rings. The van der Waals surface area contributed by atoms with Crippen LogP contribution in [0.15, 0.2) is 12.2 Å². The predicted molar refractivity (Wildman–Crippen MR) is 59.4 cm³/mol. The average Bonchev–Trinajstić information content (AvgIpc) is 2.97. The molecule has 0 aromatic carbocycles. The largest absolute Gasteiger partial charge is 0.395 e. The molecule has 0 radical (unpaired) electrons. The van der Waals surface area contributed by atoms with Crippen LogP contribution in [0.1, 0.15) is 19.8 Å². The van der Waals surface area contributed by atoms with E-state index >= 15 is 0 Å². The van der Waals surface area contributed by atoms with E-state index in [9.17, 15) is 0 Å². The zero-order chi connectivity index (χ0) is 10.4. The van der Waals surface area contributed by atoms with Crippen LogP contribution in [0.4, 0.5) is 0 Å². The topological polar surface area (TPSA) is 35.5 Å². The number of rotatable bonds is 8. The van der Waals surface area contributed by atoms with Gasteiger partial charge in [-0.15, -0.1) is 0 Å². The van der Waals surface area contributed by atoms with Crippen molar-refractivity contribution in [3.8, 4) is 0 Å². The molecule has 2 N–H and O–H groups in total. The standard InChI is InChI=1S/C11H22N2O/c1-3-13(6-7-14)9-10(2)8-12-11-4-5-11/h11-12,14H,2-9H2,1H3. The van der Waals surface area contributed by atoms with Crippen LogP contribution in [0.2, 0.25) is 0 Å². The fourth-order valence-corrected chi connectivity index (χ4v) is 1.44. The van der Waals surface area contributed by atoms with Gasteiger partial charge in [0.05, 0.1) is 6.61 Å². The Balaban J connectivity index is 2.09. The minimum atomic E-state index is 0.233. The molecule has 0 spiro atoms. The number of hydrogen-bond acceptors (Lipinski definition) is 3. The number of nitrogens with one attached hydrogen (secondary N) is 1. The maximum atomic E-state index is 8.82. The van der Waals surface area contributed by atoms with Gasteiger partial charge in [-0.1, -0.05) is 13.5 Å². The second-order valence-corrected chi connectivity index (χ2v) is 4.00. The van der Waals surface area contributed by atoms with Crippen molar-refractivity contribution >= 4 is 0 Å². The number of nitrogens with zero attached hydrogens (tertiary/aromatic N) is 1. The SMILES string of the molecule is C=C(CNC1CC1)CN(CC)CCO. The second kappa shape index (κ2) is 6.17. The summed E-state index contributed by atoms with van der Waals surface area (Å²) in [7, 11) is 0. The highest BCUT2D eigenvalue weighted by molar-refractivity contribution is 5.01. The number of aliphatic hydroxyl groups excluding tert-OH is 1. The van der Waals surface area contributed by atoms with Crippen molar-refractivity contribution in [1.82, 2.24) is 10.2 Å². The van der Waals surface area contributed by atoms with Crippen LogP contribution < -0.4 is 5.32 Å². The molecule has 3 heteroatoms. The molecule has 0 heterocycles. The van der Waals surface area contributed by atoms with Crippen molar-refractivity contribution in [1.29, 1.82) is 0 Å². The summed E-state index contributed by atoms with van der Waals surface area (Å²) in [5, 5.41) is 12.3. The third-order valence-corrected chi connectivity index (χ3v) is 2.53. The lowest BCUT2D eigenvalue weighted by atomic mass is 10.2. The van der Waals surface area contributed by atoms with Gasteiger partial charge in [-0.25, -0.2) is 0 Å². The van der Waals surface area contributed by atoms with Gasteiger partial charge < -0.3 is 10.4 Å². The Bertz CT molecular complexity index is 178. The van der Waals surface area contributed by atoms with Gasteiger partial charge in [0.1, 0.15) is 0 Å². The van der Waals surface area contributed by atoms with Crippen molar-refractivity contribution in [3.63, 3.8) is 0 Å². The van der Waals surface area contributed by atoms with E-state index in [2.05, 4.69) is 23.7 Å². The summed E-state index contributed by atoms with van der Waals surface area (Å²) in [4.78, 5) is 2.21. The van der Waals surface area contributed by atoms with Crippen molar-refractivity contribution in [3.05, 3.63) is 12.2 Å². The molecule has 0 amide bonds. The molecule has 0 saturated heterocycles. The molecule has 14 heavy (non-hydrogen) atoms. The van der Waals surface area contributed by atoms with Crippen molar-refractivity contribution in [2.75, 3.05) is 32.8 Å². The summed E-state index contributed by atoms with van der Waals surface area (Å²) in [6.45, 7) is 9.93. The maximum Gasteiger partial charge on any atom is 0.0558 e. The van der Waals surface area contributed by atoms with E-state index in [0.717, 1.165) is 32.2 Å². The van der Waals surface area contributed by atoms with Crippen molar-refractivity contribution in [2.45, 2.75) is 25.8 Å². The molecule has 0 unspecified atom stereocenters. The van der Waals surface area contributed by atoms with Crippen molar-refractivity contribution in [2.24, 2.45) is 0 Å². The van der Waals surface area contributed by atoms with Gasteiger partial charge in [0.25, 0.3) is 0 Å². The quantitative estimate of drug-likeness (QED) is 0.561. The minimum absolute atomic E-state index is 0.233. The molecule has 0 aromatic rings. The van der Waals surface area contributed by atoms with Crippen LogP contribution in [-0.2, 0) is 0 Å². The normalized spacial score (nSPS) is 16.2. The lowest BCUT2D eigenvalue weighted by Crippen LogP contribution is -2.31.